The lowest BCUT2D eigenvalue weighted by Gasteiger charge is -2.03. The number of H-pyrrole nitrogens is 1. The molecule has 0 atom stereocenters. The van der Waals surface area contributed by atoms with Gasteiger partial charge in [-0.1, -0.05) is 48.2 Å². The number of carbonyl (C=O) groups is 1. The highest BCUT2D eigenvalue weighted by Gasteiger charge is 2.18. The van der Waals surface area contributed by atoms with E-state index in [-0.39, 0.29) is 17.1 Å². The Labute approximate surface area is 142 Å². The van der Waals surface area contributed by atoms with Crippen LogP contribution in [0.3, 0.4) is 0 Å². The van der Waals surface area contributed by atoms with Gasteiger partial charge in [-0.15, -0.1) is 0 Å². The van der Waals surface area contributed by atoms with Crippen LogP contribution in [0.4, 0.5) is 0 Å². The van der Waals surface area contributed by atoms with Crippen molar-refractivity contribution in [1.82, 2.24) is 9.97 Å². The molecule has 0 unspecified atom stereocenters. The molecule has 1 aliphatic carbocycles. The number of nitrogens with zero attached hydrogens (tertiary/aromatic N) is 1. The second-order valence-corrected chi connectivity index (χ2v) is 6.61. The van der Waals surface area contributed by atoms with Crippen LogP contribution in [0.1, 0.15) is 11.1 Å². The first-order valence-electron chi connectivity index (χ1n) is 7.64. The molecule has 0 saturated carbocycles. The smallest absolute Gasteiger partial charge is 0.259 e. The number of hydrogen-bond donors (Lipinski definition) is 1. The fourth-order valence-corrected chi connectivity index (χ4v) is 3.60. The molecular formula is C19H14N2O2S. The third-order valence-electron chi connectivity index (χ3n) is 4.06. The average Bonchev–Trinajstić information content (AvgIpc) is 3.04. The normalized spacial score (nSPS) is 12.9. The summed E-state index contributed by atoms with van der Waals surface area (Å²) in [5, 5.41) is 1.03. The van der Waals surface area contributed by atoms with E-state index in [1.54, 1.807) is 18.2 Å². The van der Waals surface area contributed by atoms with Gasteiger partial charge in [0.25, 0.3) is 5.56 Å². The van der Waals surface area contributed by atoms with Crippen LogP contribution in [0.2, 0.25) is 0 Å². The summed E-state index contributed by atoms with van der Waals surface area (Å²) in [6.07, 6.45) is 2.63. The molecule has 118 valence electrons. The maximum absolute atomic E-state index is 12.4. The van der Waals surface area contributed by atoms with Crippen LogP contribution in [0, 0.1) is 0 Å². The first kappa shape index (κ1) is 14.9. The molecule has 4 nitrogen and oxygen atoms in total. The molecule has 1 heterocycles. The minimum atomic E-state index is -0.178. The minimum absolute atomic E-state index is 0.0759. The van der Waals surface area contributed by atoms with Gasteiger partial charge in [-0.3, -0.25) is 9.59 Å². The van der Waals surface area contributed by atoms with E-state index < -0.39 is 0 Å². The van der Waals surface area contributed by atoms with E-state index in [9.17, 15) is 9.59 Å². The SMILES string of the molecule is O=C(CSc1nc2ccccc2c(=O)[nH]1)C1=Cc2ccccc2C1. The van der Waals surface area contributed by atoms with Crippen LogP contribution >= 0.6 is 11.8 Å². The molecule has 4 rings (SSSR count). The molecule has 2 aromatic carbocycles. The quantitative estimate of drug-likeness (QED) is 0.588. The van der Waals surface area contributed by atoms with Crippen molar-refractivity contribution in [3.05, 3.63) is 75.6 Å². The maximum atomic E-state index is 12.4. The van der Waals surface area contributed by atoms with Gasteiger partial charge >= 0.3 is 0 Å². The van der Waals surface area contributed by atoms with Gasteiger partial charge in [0.15, 0.2) is 10.9 Å². The molecule has 0 bridgehead atoms. The molecule has 1 aromatic heterocycles. The monoisotopic (exact) mass is 334 g/mol. The Hall–Kier alpha value is -2.66. The highest BCUT2D eigenvalue weighted by Crippen LogP contribution is 2.26. The molecule has 0 aliphatic heterocycles. The number of nitrogens with one attached hydrogen (secondary N) is 1. The van der Waals surface area contributed by atoms with E-state index in [1.165, 1.54) is 17.3 Å². The zero-order valence-electron chi connectivity index (χ0n) is 12.8. The number of aromatic nitrogens is 2. The van der Waals surface area contributed by atoms with Crippen molar-refractivity contribution in [2.24, 2.45) is 0 Å². The Morgan fingerprint density at radius 2 is 1.92 bits per heavy atom. The lowest BCUT2D eigenvalue weighted by Crippen LogP contribution is -2.11. The third kappa shape index (κ3) is 2.78. The van der Waals surface area contributed by atoms with Crippen molar-refractivity contribution in [3.8, 4) is 0 Å². The van der Waals surface area contributed by atoms with Crippen LogP contribution in [0.25, 0.3) is 17.0 Å². The number of allylic oxidation sites excluding steroid dienone is 1. The maximum Gasteiger partial charge on any atom is 0.259 e. The molecule has 24 heavy (non-hydrogen) atoms. The summed E-state index contributed by atoms with van der Waals surface area (Å²) in [5.74, 6) is 0.341. The van der Waals surface area contributed by atoms with E-state index in [2.05, 4.69) is 9.97 Å². The van der Waals surface area contributed by atoms with E-state index >= 15 is 0 Å². The number of fused-ring (bicyclic) bond motifs is 2. The van der Waals surface area contributed by atoms with E-state index in [0.717, 1.165) is 11.1 Å². The van der Waals surface area contributed by atoms with Crippen molar-refractivity contribution in [1.29, 1.82) is 0 Å². The fourth-order valence-electron chi connectivity index (χ4n) is 2.82. The third-order valence-corrected chi connectivity index (χ3v) is 4.93. The Morgan fingerprint density at radius 1 is 1.12 bits per heavy atom. The van der Waals surface area contributed by atoms with Gasteiger partial charge in [-0.05, 0) is 29.3 Å². The largest absolute Gasteiger partial charge is 0.301 e. The van der Waals surface area contributed by atoms with Crippen molar-refractivity contribution in [2.75, 3.05) is 5.75 Å². The molecule has 0 saturated heterocycles. The number of carbonyl (C=O) groups excluding carboxylic acids is 1. The molecule has 3 aromatic rings. The molecule has 0 radical (unpaired) electrons. The first-order valence-corrected chi connectivity index (χ1v) is 8.63. The van der Waals surface area contributed by atoms with Crippen LogP contribution in [0.5, 0.6) is 0 Å². The topological polar surface area (TPSA) is 62.8 Å². The van der Waals surface area contributed by atoms with Crippen LogP contribution in [0.15, 0.2) is 64.1 Å². The van der Waals surface area contributed by atoms with Gasteiger partial charge in [0.2, 0.25) is 0 Å². The Bertz CT molecular complexity index is 1040. The van der Waals surface area contributed by atoms with Gasteiger partial charge in [0.05, 0.1) is 16.7 Å². The molecule has 0 spiro atoms. The van der Waals surface area contributed by atoms with Crippen molar-refractivity contribution < 1.29 is 4.79 Å². The number of hydrogen-bond acceptors (Lipinski definition) is 4. The highest BCUT2D eigenvalue weighted by molar-refractivity contribution is 7.99. The Morgan fingerprint density at radius 3 is 2.79 bits per heavy atom. The summed E-state index contributed by atoms with van der Waals surface area (Å²) in [7, 11) is 0. The second kappa shape index (κ2) is 6.09. The van der Waals surface area contributed by atoms with Crippen molar-refractivity contribution in [3.63, 3.8) is 0 Å². The van der Waals surface area contributed by atoms with Crippen LogP contribution in [-0.4, -0.2) is 21.5 Å². The zero-order valence-corrected chi connectivity index (χ0v) is 13.6. The van der Waals surface area contributed by atoms with Gasteiger partial charge in [-0.25, -0.2) is 4.98 Å². The van der Waals surface area contributed by atoms with Gasteiger partial charge in [0.1, 0.15) is 0 Å². The Kier molecular flexibility index (Phi) is 3.78. The molecule has 5 heteroatoms. The summed E-state index contributed by atoms with van der Waals surface area (Å²) < 4.78 is 0. The standard InChI is InChI=1S/C19H14N2O2S/c22-17(14-9-12-5-1-2-6-13(12)10-14)11-24-19-20-16-8-4-3-7-15(16)18(23)21-19/h1-9H,10-11H2,(H,20,21,23). The molecule has 0 fully saturated rings. The molecular weight excluding hydrogens is 320 g/mol. The molecule has 0 amide bonds. The zero-order chi connectivity index (χ0) is 16.5. The van der Waals surface area contributed by atoms with Crippen LogP contribution in [-0.2, 0) is 11.2 Å². The Balaban J connectivity index is 1.50. The number of Topliss-reactive ketones (excluding diaryl/α,β-unsaturated/α-hetero) is 1. The summed E-state index contributed by atoms with van der Waals surface area (Å²) in [5.41, 5.74) is 3.57. The predicted molar refractivity (Wildman–Crippen MR) is 96.2 cm³/mol. The number of benzene rings is 2. The highest BCUT2D eigenvalue weighted by atomic mass is 32.2. The van der Waals surface area contributed by atoms with Gasteiger partial charge < -0.3 is 4.98 Å². The lowest BCUT2D eigenvalue weighted by molar-refractivity contribution is -0.113. The average molecular weight is 334 g/mol. The lowest BCUT2D eigenvalue weighted by atomic mass is 10.1. The number of para-hydroxylation sites is 1. The van der Waals surface area contributed by atoms with E-state index in [4.69, 9.17) is 0 Å². The van der Waals surface area contributed by atoms with E-state index in [0.29, 0.717) is 22.5 Å². The number of aromatic amines is 1. The molecule has 1 aliphatic rings. The number of rotatable bonds is 4. The predicted octanol–water partition coefficient (Wildman–Crippen LogP) is 3.22. The molecule has 1 N–H and O–H groups in total. The second-order valence-electron chi connectivity index (χ2n) is 5.65. The summed E-state index contributed by atoms with van der Waals surface area (Å²) >= 11 is 1.27. The van der Waals surface area contributed by atoms with Crippen molar-refractivity contribution >= 4 is 34.5 Å². The van der Waals surface area contributed by atoms with Gasteiger partial charge in [-0.2, -0.15) is 0 Å². The first-order chi connectivity index (χ1) is 11.7. The van der Waals surface area contributed by atoms with Crippen molar-refractivity contribution in [2.45, 2.75) is 11.6 Å². The summed E-state index contributed by atoms with van der Waals surface area (Å²) in [4.78, 5) is 31.6. The minimum Gasteiger partial charge on any atom is -0.301 e. The fraction of sp³-hybridized carbons (Fsp3) is 0.105. The summed E-state index contributed by atoms with van der Waals surface area (Å²) in [6, 6.07) is 15.2. The van der Waals surface area contributed by atoms with Gasteiger partial charge in [0, 0.05) is 12.0 Å². The number of thioether (sulfide) groups is 1. The van der Waals surface area contributed by atoms with E-state index in [1.807, 2.05) is 36.4 Å². The summed E-state index contributed by atoms with van der Waals surface area (Å²) in [6.45, 7) is 0. The van der Waals surface area contributed by atoms with Crippen LogP contribution < -0.4 is 5.56 Å². The number of ketones is 1.